The van der Waals surface area contributed by atoms with Gasteiger partial charge in [0.15, 0.2) is 0 Å². The number of nitrogens with one attached hydrogen (secondary N) is 1. The van der Waals surface area contributed by atoms with Crippen molar-refractivity contribution in [1.82, 2.24) is 5.32 Å². The first-order valence-corrected chi connectivity index (χ1v) is 9.73. The van der Waals surface area contributed by atoms with Gasteiger partial charge in [0.25, 0.3) is 0 Å². The Bertz CT molecular complexity index is 198. The highest BCUT2D eigenvalue weighted by atomic mass is 28.3. The summed E-state index contributed by atoms with van der Waals surface area (Å²) in [7, 11) is -1.06. The molecule has 2 heterocycles. The van der Waals surface area contributed by atoms with Crippen molar-refractivity contribution >= 4 is 8.07 Å². The van der Waals surface area contributed by atoms with Gasteiger partial charge in [-0.1, -0.05) is 37.9 Å². The monoisotopic (exact) mass is 227 g/mol. The molecule has 88 valence electrons. The standard InChI is InChI=1S/C12H25NOSi/c1-15(8-3-2-4-9-15)10-12(14)11-6-5-7-13-11/h11-14H,2-10H2,1H3/t11-,12+/m0/s1. The molecule has 2 aliphatic rings. The van der Waals surface area contributed by atoms with Gasteiger partial charge in [-0.3, -0.25) is 0 Å². The first-order valence-electron chi connectivity index (χ1n) is 6.61. The maximum absolute atomic E-state index is 10.2. The lowest BCUT2D eigenvalue weighted by molar-refractivity contribution is 0.152. The molecular formula is C12H25NOSi. The van der Waals surface area contributed by atoms with E-state index in [1.807, 2.05) is 0 Å². The molecule has 2 rings (SSSR count). The Morgan fingerprint density at radius 3 is 2.60 bits per heavy atom. The van der Waals surface area contributed by atoms with E-state index in [4.69, 9.17) is 0 Å². The van der Waals surface area contributed by atoms with Crippen LogP contribution in [0.3, 0.4) is 0 Å². The Labute approximate surface area is 94.5 Å². The smallest absolute Gasteiger partial charge is 0.0670 e. The average Bonchev–Trinajstić information content (AvgIpc) is 2.70. The summed E-state index contributed by atoms with van der Waals surface area (Å²) in [4.78, 5) is 0. The Kier molecular flexibility index (Phi) is 3.86. The normalized spacial score (nSPS) is 32.8. The molecule has 3 heteroatoms. The average molecular weight is 227 g/mol. The van der Waals surface area contributed by atoms with Crippen LogP contribution in [0.15, 0.2) is 0 Å². The Balaban J connectivity index is 1.83. The molecule has 0 spiro atoms. The summed E-state index contributed by atoms with van der Waals surface area (Å²) < 4.78 is 0. The number of aliphatic hydroxyl groups excluding tert-OH is 1. The third-order valence-electron chi connectivity index (χ3n) is 4.33. The van der Waals surface area contributed by atoms with Crippen molar-refractivity contribution in [3.05, 3.63) is 0 Å². The fraction of sp³-hybridized carbons (Fsp3) is 1.00. The molecule has 0 amide bonds. The highest BCUT2D eigenvalue weighted by Crippen LogP contribution is 2.33. The van der Waals surface area contributed by atoms with Crippen LogP contribution in [0.25, 0.3) is 0 Å². The molecule has 0 unspecified atom stereocenters. The zero-order chi connectivity index (χ0) is 10.7. The van der Waals surface area contributed by atoms with Crippen molar-refractivity contribution in [3.8, 4) is 0 Å². The third-order valence-corrected chi connectivity index (χ3v) is 8.85. The van der Waals surface area contributed by atoms with E-state index in [1.54, 1.807) is 0 Å². The second-order valence-corrected chi connectivity index (χ2v) is 10.9. The molecule has 2 fully saturated rings. The van der Waals surface area contributed by atoms with Crippen LogP contribution in [-0.4, -0.2) is 31.9 Å². The van der Waals surface area contributed by atoms with E-state index in [1.165, 1.54) is 44.2 Å². The quantitative estimate of drug-likeness (QED) is 0.726. The summed E-state index contributed by atoms with van der Waals surface area (Å²) in [5.74, 6) is 0. The van der Waals surface area contributed by atoms with E-state index in [2.05, 4.69) is 11.9 Å². The van der Waals surface area contributed by atoms with Crippen LogP contribution in [0.2, 0.25) is 24.7 Å². The molecule has 0 saturated carbocycles. The minimum absolute atomic E-state index is 0.0535. The molecular weight excluding hydrogens is 202 g/mol. The van der Waals surface area contributed by atoms with Gasteiger partial charge in [-0.05, 0) is 25.4 Å². The van der Waals surface area contributed by atoms with Crippen LogP contribution in [-0.2, 0) is 0 Å². The van der Waals surface area contributed by atoms with Crippen molar-refractivity contribution in [2.75, 3.05) is 6.54 Å². The van der Waals surface area contributed by atoms with Gasteiger partial charge in [-0.15, -0.1) is 0 Å². The molecule has 0 bridgehead atoms. The molecule has 0 aromatic carbocycles. The van der Waals surface area contributed by atoms with Gasteiger partial charge < -0.3 is 10.4 Å². The molecule has 2 nitrogen and oxygen atoms in total. The lowest BCUT2D eigenvalue weighted by atomic mass is 10.1. The SMILES string of the molecule is C[Si]1(C[C@@H](O)[C@@H]2CCCN2)CCCCC1. The van der Waals surface area contributed by atoms with Gasteiger partial charge in [-0.25, -0.2) is 0 Å². The van der Waals surface area contributed by atoms with Crippen LogP contribution in [0, 0.1) is 0 Å². The topological polar surface area (TPSA) is 32.3 Å². The van der Waals surface area contributed by atoms with E-state index in [-0.39, 0.29) is 6.10 Å². The summed E-state index contributed by atoms with van der Waals surface area (Å²) in [5.41, 5.74) is 0. The predicted molar refractivity (Wildman–Crippen MR) is 66.9 cm³/mol. The van der Waals surface area contributed by atoms with Gasteiger partial charge >= 0.3 is 0 Å². The lowest BCUT2D eigenvalue weighted by Crippen LogP contribution is -2.43. The third kappa shape index (κ3) is 3.05. The van der Waals surface area contributed by atoms with Gasteiger partial charge in [0.2, 0.25) is 0 Å². The Hall–Kier alpha value is 0.137. The van der Waals surface area contributed by atoms with Crippen molar-refractivity contribution in [1.29, 1.82) is 0 Å². The van der Waals surface area contributed by atoms with Crippen molar-refractivity contribution in [3.63, 3.8) is 0 Å². The summed E-state index contributed by atoms with van der Waals surface area (Å²) in [6, 6.07) is 4.47. The number of hydrogen-bond acceptors (Lipinski definition) is 2. The minimum Gasteiger partial charge on any atom is -0.392 e. The van der Waals surface area contributed by atoms with Gasteiger partial charge in [0.05, 0.1) is 14.2 Å². The second-order valence-electron chi connectivity index (χ2n) is 5.85. The van der Waals surface area contributed by atoms with Gasteiger partial charge in [0.1, 0.15) is 0 Å². The maximum Gasteiger partial charge on any atom is 0.0670 e. The summed E-state index contributed by atoms with van der Waals surface area (Å²) in [5, 5.41) is 13.7. The minimum atomic E-state index is -1.06. The van der Waals surface area contributed by atoms with Crippen LogP contribution in [0.5, 0.6) is 0 Å². The van der Waals surface area contributed by atoms with E-state index < -0.39 is 8.07 Å². The van der Waals surface area contributed by atoms with Crippen LogP contribution >= 0.6 is 0 Å². The van der Waals surface area contributed by atoms with E-state index in [0.717, 1.165) is 12.6 Å². The van der Waals surface area contributed by atoms with E-state index in [0.29, 0.717) is 6.04 Å². The number of aliphatic hydroxyl groups is 1. The predicted octanol–water partition coefficient (Wildman–Crippen LogP) is 2.36. The van der Waals surface area contributed by atoms with Gasteiger partial charge in [-0.2, -0.15) is 0 Å². The largest absolute Gasteiger partial charge is 0.392 e. The molecule has 0 radical (unpaired) electrons. The first kappa shape index (κ1) is 11.6. The highest BCUT2D eigenvalue weighted by Gasteiger charge is 2.34. The number of hydrogen-bond donors (Lipinski definition) is 2. The molecule has 2 saturated heterocycles. The number of rotatable bonds is 3. The maximum atomic E-state index is 10.2. The summed E-state index contributed by atoms with van der Waals surface area (Å²) in [6.07, 6.45) is 6.66. The Morgan fingerprint density at radius 1 is 1.27 bits per heavy atom. The summed E-state index contributed by atoms with van der Waals surface area (Å²) >= 11 is 0. The van der Waals surface area contributed by atoms with Crippen molar-refractivity contribution in [2.45, 2.75) is 68.9 Å². The first-order chi connectivity index (χ1) is 7.20. The van der Waals surface area contributed by atoms with Crippen molar-refractivity contribution < 1.29 is 5.11 Å². The molecule has 2 atom stereocenters. The van der Waals surface area contributed by atoms with Crippen LogP contribution < -0.4 is 5.32 Å². The van der Waals surface area contributed by atoms with Gasteiger partial charge in [0, 0.05) is 6.04 Å². The molecule has 0 aromatic heterocycles. The van der Waals surface area contributed by atoms with Crippen LogP contribution in [0.4, 0.5) is 0 Å². The molecule has 0 aromatic rings. The lowest BCUT2D eigenvalue weighted by Gasteiger charge is -2.34. The Morgan fingerprint density at radius 2 is 2.00 bits per heavy atom. The zero-order valence-electron chi connectivity index (χ0n) is 9.97. The molecule has 15 heavy (non-hydrogen) atoms. The second kappa shape index (κ2) is 4.98. The molecule has 2 aliphatic heterocycles. The molecule has 0 aliphatic carbocycles. The fourth-order valence-corrected chi connectivity index (χ4v) is 7.46. The highest BCUT2D eigenvalue weighted by molar-refractivity contribution is 6.78. The summed E-state index contributed by atoms with van der Waals surface area (Å²) in [6.45, 7) is 3.62. The van der Waals surface area contributed by atoms with Crippen molar-refractivity contribution in [2.24, 2.45) is 0 Å². The zero-order valence-corrected chi connectivity index (χ0v) is 11.0. The van der Waals surface area contributed by atoms with E-state index >= 15 is 0 Å². The van der Waals surface area contributed by atoms with Crippen LogP contribution in [0.1, 0.15) is 32.1 Å². The van der Waals surface area contributed by atoms with E-state index in [9.17, 15) is 5.11 Å². The molecule has 2 N–H and O–H groups in total. The fourth-order valence-electron chi connectivity index (χ4n) is 3.30.